The van der Waals surface area contributed by atoms with E-state index in [-0.39, 0.29) is 26.2 Å². The van der Waals surface area contributed by atoms with Crippen molar-refractivity contribution in [2.75, 3.05) is 0 Å². The van der Waals surface area contributed by atoms with Gasteiger partial charge in [-0.25, -0.2) is 0 Å². The first-order valence-corrected chi connectivity index (χ1v) is 1.63. The zero-order valence-electron chi connectivity index (χ0n) is 3.63. The van der Waals surface area contributed by atoms with E-state index in [2.05, 4.69) is 0 Å². The Bertz CT molecular complexity index is 22.8. The third kappa shape index (κ3) is 8.84. The first kappa shape index (κ1) is 9.93. The summed E-state index contributed by atoms with van der Waals surface area (Å²) >= 11 is 0. The Kier molecular flexibility index (Phi) is 9.60. The van der Waals surface area contributed by atoms with E-state index in [9.17, 15) is 0 Å². The largest absolute Gasteiger partial charge is 0.368 e. The summed E-state index contributed by atoms with van der Waals surface area (Å²) in [4.78, 5) is 0. The molecule has 0 aromatic heterocycles. The third-order valence-corrected chi connectivity index (χ3v) is 0.365. The summed E-state index contributed by atoms with van der Waals surface area (Å²) in [6, 6.07) is 0. The van der Waals surface area contributed by atoms with Crippen LogP contribution in [-0.4, -0.2) is 42.7 Å². The van der Waals surface area contributed by atoms with Crippen molar-refractivity contribution in [3.63, 3.8) is 0 Å². The number of aliphatic hydroxyl groups excluding tert-OH is 1. The van der Waals surface area contributed by atoms with Gasteiger partial charge in [-0.3, -0.25) is 0 Å². The number of aliphatic hydroxyl groups is 2. The zero-order valence-corrected chi connectivity index (χ0v) is 7.10. The van der Waals surface area contributed by atoms with E-state index in [1.165, 1.54) is 0 Å². The maximum atomic E-state index is 7.92. The Balaban J connectivity index is 0. The molecular weight excluding hydrogens is 277 g/mol. The van der Waals surface area contributed by atoms with Gasteiger partial charge in [-0.15, -0.1) is 0 Å². The number of hydrogen-bond acceptors (Lipinski definition) is 2. The van der Waals surface area contributed by atoms with Gasteiger partial charge in [0.05, 0.1) is 0 Å². The van der Waals surface area contributed by atoms with Crippen LogP contribution in [0.1, 0.15) is 13.3 Å². The van der Waals surface area contributed by atoms with E-state index < -0.39 is 6.29 Å². The van der Waals surface area contributed by atoms with Gasteiger partial charge in [0.2, 0.25) is 0 Å². The van der Waals surface area contributed by atoms with Crippen LogP contribution in [0.15, 0.2) is 0 Å². The van der Waals surface area contributed by atoms with Crippen LogP contribution >= 0.6 is 0 Å². The molecule has 6 heavy (non-hydrogen) atoms. The maximum absolute atomic E-state index is 7.92. The second-order valence-corrected chi connectivity index (χ2v) is 0.889. The molecule has 3 heteroatoms. The normalized spacial score (nSPS) is 8.00. The molecule has 0 saturated heterocycles. The van der Waals surface area contributed by atoms with Gasteiger partial charge in [-0.05, 0) is 6.42 Å². The van der Waals surface area contributed by atoms with Crippen molar-refractivity contribution < 1.29 is 10.2 Å². The topological polar surface area (TPSA) is 40.5 Å². The Morgan fingerprint density at radius 1 is 1.50 bits per heavy atom. The quantitative estimate of drug-likeness (QED) is 0.495. The summed E-state index contributed by atoms with van der Waals surface area (Å²) in [6.45, 7) is 1.70. The molecule has 0 aromatic rings. The van der Waals surface area contributed by atoms with Gasteiger partial charge in [0.25, 0.3) is 0 Å². The summed E-state index contributed by atoms with van der Waals surface area (Å²) < 4.78 is 0. The molecule has 37 valence electrons. The van der Waals surface area contributed by atoms with Crippen molar-refractivity contribution in [2.24, 2.45) is 0 Å². The smallest absolute Gasteiger partial charge is 0.151 e. The van der Waals surface area contributed by atoms with Gasteiger partial charge in [-0.2, -0.15) is 0 Å². The SMILES string of the molecule is CCC(O)O.[Bi]. The van der Waals surface area contributed by atoms with Crippen molar-refractivity contribution in [1.29, 1.82) is 0 Å². The molecule has 0 atom stereocenters. The minimum atomic E-state index is -1.12. The minimum absolute atomic E-state index is 0. The van der Waals surface area contributed by atoms with Gasteiger partial charge < -0.3 is 10.2 Å². The zero-order chi connectivity index (χ0) is 4.28. The van der Waals surface area contributed by atoms with E-state index in [4.69, 9.17) is 10.2 Å². The second-order valence-electron chi connectivity index (χ2n) is 0.889. The van der Waals surface area contributed by atoms with E-state index in [1.807, 2.05) is 0 Å². The van der Waals surface area contributed by atoms with Crippen LogP contribution in [0.3, 0.4) is 0 Å². The van der Waals surface area contributed by atoms with Crippen LogP contribution in [-0.2, 0) is 0 Å². The maximum Gasteiger partial charge on any atom is 0.151 e. The summed E-state index contributed by atoms with van der Waals surface area (Å²) in [6.07, 6.45) is -0.699. The molecule has 2 nitrogen and oxygen atoms in total. The molecule has 0 aliphatic rings. The van der Waals surface area contributed by atoms with Crippen LogP contribution in [0.2, 0.25) is 0 Å². The molecule has 0 unspecified atom stereocenters. The molecule has 0 heterocycles. The Labute approximate surface area is 56.3 Å². The molecule has 0 fully saturated rings. The van der Waals surface area contributed by atoms with Crippen molar-refractivity contribution in [2.45, 2.75) is 19.6 Å². The predicted molar refractivity (Wildman–Crippen MR) is 24.3 cm³/mol. The van der Waals surface area contributed by atoms with E-state index >= 15 is 0 Å². The molecule has 0 aliphatic carbocycles. The number of rotatable bonds is 1. The van der Waals surface area contributed by atoms with Crippen LogP contribution < -0.4 is 0 Å². The van der Waals surface area contributed by atoms with Crippen molar-refractivity contribution in [3.8, 4) is 0 Å². The summed E-state index contributed by atoms with van der Waals surface area (Å²) in [5.74, 6) is 0. The molecule has 0 aromatic carbocycles. The molecular formula is C3H8BiO2. The minimum Gasteiger partial charge on any atom is -0.368 e. The first-order valence-electron chi connectivity index (χ1n) is 1.63. The standard InChI is InChI=1S/C3H8O2.Bi/c1-2-3(4)5;/h3-5H,2H2,1H3;. The molecule has 0 spiro atoms. The van der Waals surface area contributed by atoms with Gasteiger partial charge in [0.15, 0.2) is 6.29 Å². The predicted octanol–water partition coefficient (Wildman–Crippen LogP) is -0.674. The van der Waals surface area contributed by atoms with Crippen LogP contribution in [0.25, 0.3) is 0 Å². The monoisotopic (exact) mass is 285 g/mol. The molecule has 2 N–H and O–H groups in total. The summed E-state index contributed by atoms with van der Waals surface area (Å²) in [7, 11) is 0. The fourth-order valence-corrected chi connectivity index (χ4v) is 0. The Morgan fingerprint density at radius 3 is 1.67 bits per heavy atom. The van der Waals surface area contributed by atoms with Gasteiger partial charge in [0, 0.05) is 26.2 Å². The first-order chi connectivity index (χ1) is 2.27. The van der Waals surface area contributed by atoms with Crippen molar-refractivity contribution in [1.82, 2.24) is 0 Å². The average molecular weight is 285 g/mol. The fraction of sp³-hybridized carbons (Fsp3) is 1.00. The summed E-state index contributed by atoms with van der Waals surface area (Å²) in [5, 5.41) is 15.8. The summed E-state index contributed by atoms with van der Waals surface area (Å²) in [5.41, 5.74) is 0. The van der Waals surface area contributed by atoms with Crippen LogP contribution in [0.5, 0.6) is 0 Å². The third-order valence-electron chi connectivity index (χ3n) is 0.365. The van der Waals surface area contributed by atoms with E-state index in [1.54, 1.807) is 6.92 Å². The Morgan fingerprint density at radius 2 is 1.67 bits per heavy atom. The second kappa shape index (κ2) is 5.80. The van der Waals surface area contributed by atoms with Crippen molar-refractivity contribution in [3.05, 3.63) is 0 Å². The van der Waals surface area contributed by atoms with Crippen LogP contribution in [0.4, 0.5) is 0 Å². The van der Waals surface area contributed by atoms with Gasteiger partial charge in [0.1, 0.15) is 0 Å². The molecule has 0 bridgehead atoms. The van der Waals surface area contributed by atoms with E-state index in [0.717, 1.165) is 0 Å². The van der Waals surface area contributed by atoms with Crippen LogP contribution in [0, 0.1) is 0 Å². The Hall–Kier alpha value is 0.803. The average Bonchev–Trinajstić information content (AvgIpc) is 1.38. The van der Waals surface area contributed by atoms with E-state index in [0.29, 0.717) is 6.42 Å². The molecule has 3 radical (unpaired) electrons. The van der Waals surface area contributed by atoms with Gasteiger partial charge >= 0.3 is 0 Å². The molecule has 0 rings (SSSR count). The molecule has 0 saturated carbocycles. The molecule has 0 amide bonds. The van der Waals surface area contributed by atoms with Gasteiger partial charge in [-0.1, -0.05) is 6.92 Å². The fourth-order valence-electron chi connectivity index (χ4n) is 0. The number of hydrogen-bond donors (Lipinski definition) is 2. The van der Waals surface area contributed by atoms with Crippen molar-refractivity contribution >= 4 is 26.2 Å². The molecule has 0 aliphatic heterocycles.